The van der Waals surface area contributed by atoms with Gasteiger partial charge in [-0.05, 0) is 61.7 Å². The van der Waals surface area contributed by atoms with E-state index in [4.69, 9.17) is 10.5 Å². The van der Waals surface area contributed by atoms with E-state index in [9.17, 15) is 4.39 Å². The Labute approximate surface area is 129 Å². The quantitative estimate of drug-likeness (QED) is 0.482. The fourth-order valence-corrected chi connectivity index (χ4v) is 2.71. The Bertz CT molecular complexity index is 616. The summed E-state index contributed by atoms with van der Waals surface area (Å²) >= 11 is 1.49. The fraction of sp³-hybridized carbons (Fsp3) is 0.294. The number of aryl methyl sites for hydroxylation is 2. The van der Waals surface area contributed by atoms with Gasteiger partial charge in [0.05, 0.1) is 6.61 Å². The van der Waals surface area contributed by atoms with Crippen molar-refractivity contribution >= 4 is 17.4 Å². The van der Waals surface area contributed by atoms with Crippen molar-refractivity contribution in [2.45, 2.75) is 25.2 Å². The smallest absolute Gasteiger partial charge is 0.138 e. The molecule has 0 saturated carbocycles. The monoisotopic (exact) mass is 305 g/mol. The molecule has 0 unspecified atom stereocenters. The van der Waals surface area contributed by atoms with Crippen molar-refractivity contribution in [1.29, 1.82) is 0 Å². The SMILES string of the molecule is Cc1ccc(OCCCSc2ccc(N)cc2F)cc1C. The molecule has 0 bridgehead atoms. The Morgan fingerprint density at radius 1 is 1.10 bits per heavy atom. The Balaban J connectivity index is 1.73. The zero-order chi connectivity index (χ0) is 15.2. The van der Waals surface area contributed by atoms with Crippen LogP contribution in [0.4, 0.5) is 10.1 Å². The molecular formula is C17H20FNOS. The predicted octanol–water partition coefficient (Wildman–Crippen LogP) is 4.59. The van der Waals surface area contributed by atoms with E-state index < -0.39 is 0 Å². The van der Waals surface area contributed by atoms with Gasteiger partial charge in [0.2, 0.25) is 0 Å². The first-order valence-corrected chi connectivity index (χ1v) is 7.92. The van der Waals surface area contributed by atoms with Gasteiger partial charge in [0.1, 0.15) is 11.6 Å². The average molecular weight is 305 g/mol. The van der Waals surface area contributed by atoms with Crippen LogP contribution < -0.4 is 10.5 Å². The Kier molecular flexibility index (Phi) is 5.51. The molecule has 2 N–H and O–H groups in total. The highest BCUT2D eigenvalue weighted by Gasteiger charge is 2.03. The first-order chi connectivity index (χ1) is 10.1. The van der Waals surface area contributed by atoms with Crippen molar-refractivity contribution in [3.8, 4) is 5.75 Å². The molecule has 2 rings (SSSR count). The van der Waals surface area contributed by atoms with Crippen LogP contribution in [-0.4, -0.2) is 12.4 Å². The molecule has 2 aromatic carbocycles. The van der Waals surface area contributed by atoms with Crippen LogP contribution in [0.15, 0.2) is 41.3 Å². The van der Waals surface area contributed by atoms with Crippen molar-refractivity contribution in [2.75, 3.05) is 18.1 Å². The molecule has 0 aliphatic carbocycles. The normalized spacial score (nSPS) is 10.6. The van der Waals surface area contributed by atoms with Gasteiger partial charge in [-0.2, -0.15) is 0 Å². The number of rotatable bonds is 6. The van der Waals surface area contributed by atoms with Crippen molar-refractivity contribution < 1.29 is 9.13 Å². The Morgan fingerprint density at radius 2 is 1.90 bits per heavy atom. The number of hydrogen-bond donors (Lipinski definition) is 1. The van der Waals surface area contributed by atoms with Crippen LogP contribution in [0, 0.1) is 19.7 Å². The van der Waals surface area contributed by atoms with Crippen LogP contribution in [0.3, 0.4) is 0 Å². The second-order valence-electron chi connectivity index (χ2n) is 4.99. The molecule has 0 radical (unpaired) electrons. The molecule has 0 amide bonds. The molecule has 0 saturated heterocycles. The lowest BCUT2D eigenvalue weighted by Crippen LogP contribution is -1.99. The molecule has 2 nitrogen and oxygen atoms in total. The molecule has 0 fully saturated rings. The largest absolute Gasteiger partial charge is 0.494 e. The number of nitrogens with two attached hydrogens (primary N) is 1. The van der Waals surface area contributed by atoms with Gasteiger partial charge in [0.15, 0.2) is 0 Å². The van der Waals surface area contributed by atoms with Crippen molar-refractivity contribution in [3.05, 3.63) is 53.3 Å². The summed E-state index contributed by atoms with van der Waals surface area (Å²) in [6.07, 6.45) is 0.863. The van der Waals surface area contributed by atoms with E-state index in [2.05, 4.69) is 19.9 Å². The van der Waals surface area contributed by atoms with Gasteiger partial charge < -0.3 is 10.5 Å². The Morgan fingerprint density at radius 3 is 2.62 bits per heavy atom. The number of anilines is 1. The van der Waals surface area contributed by atoms with Crippen LogP contribution >= 0.6 is 11.8 Å². The number of thioether (sulfide) groups is 1. The second kappa shape index (κ2) is 7.36. The molecule has 112 valence electrons. The maximum absolute atomic E-state index is 13.6. The Hall–Kier alpha value is -1.68. The third-order valence-electron chi connectivity index (χ3n) is 3.25. The third kappa shape index (κ3) is 4.67. The van der Waals surface area contributed by atoms with Crippen LogP contribution in [0.1, 0.15) is 17.5 Å². The van der Waals surface area contributed by atoms with Crippen LogP contribution in [0.2, 0.25) is 0 Å². The van der Waals surface area contributed by atoms with Gasteiger partial charge >= 0.3 is 0 Å². The van der Waals surface area contributed by atoms with E-state index >= 15 is 0 Å². The van der Waals surface area contributed by atoms with E-state index in [0.717, 1.165) is 17.9 Å². The van der Waals surface area contributed by atoms with Crippen LogP contribution in [0.5, 0.6) is 5.75 Å². The minimum absolute atomic E-state index is 0.255. The fourth-order valence-electron chi connectivity index (χ4n) is 1.87. The number of halogens is 1. The highest BCUT2D eigenvalue weighted by Crippen LogP contribution is 2.24. The van der Waals surface area contributed by atoms with Crippen molar-refractivity contribution in [3.63, 3.8) is 0 Å². The topological polar surface area (TPSA) is 35.2 Å². The number of hydrogen-bond acceptors (Lipinski definition) is 3. The summed E-state index contributed by atoms with van der Waals surface area (Å²) in [7, 11) is 0. The molecule has 0 atom stereocenters. The van der Waals surface area contributed by atoms with E-state index in [1.165, 1.54) is 29.0 Å². The summed E-state index contributed by atoms with van der Waals surface area (Å²) in [5.74, 6) is 1.45. The molecule has 2 aromatic rings. The summed E-state index contributed by atoms with van der Waals surface area (Å²) in [5, 5.41) is 0. The zero-order valence-electron chi connectivity index (χ0n) is 12.4. The standard InChI is InChI=1S/C17H20FNOS/c1-12-4-6-15(10-13(12)2)20-8-3-9-21-17-7-5-14(19)11-16(17)18/h4-7,10-11H,3,8-9,19H2,1-2H3. The first-order valence-electron chi connectivity index (χ1n) is 6.94. The number of nitrogen functional groups attached to an aromatic ring is 1. The van der Waals surface area contributed by atoms with Crippen LogP contribution in [0.25, 0.3) is 0 Å². The minimum Gasteiger partial charge on any atom is -0.494 e. The molecule has 0 aromatic heterocycles. The molecule has 0 spiro atoms. The number of benzene rings is 2. The molecule has 0 heterocycles. The van der Waals surface area contributed by atoms with Gasteiger partial charge in [0.25, 0.3) is 0 Å². The van der Waals surface area contributed by atoms with Gasteiger partial charge in [-0.15, -0.1) is 11.8 Å². The van der Waals surface area contributed by atoms with Gasteiger partial charge in [-0.1, -0.05) is 6.07 Å². The van der Waals surface area contributed by atoms with Crippen LogP contribution in [-0.2, 0) is 0 Å². The highest BCUT2D eigenvalue weighted by molar-refractivity contribution is 7.99. The lowest BCUT2D eigenvalue weighted by atomic mass is 10.1. The molecule has 0 aliphatic rings. The summed E-state index contributed by atoms with van der Waals surface area (Å²) in [5.41, 5.74) is 8.46. The second-order valence-corrected chi connectivity index (χ2v) is 6.12. The maximum atomic E-state index is 13.6. The van der Waals surface area contributed by atoms with Gasteiger partial charge in [-0.3, -0.25) is 0 Å². The van der Waals surface area contributed by atoms with E-state index in [0.29, 0.717) is 17.2 Å². The lowest BCUT2D eigenvalue weighted by molar-refractivity contribution is 0.318. The molecular weight excluding hydrogens is 285 g/mol. The van der Waals surface area contributed by atoms with E-state index in [-0.39, 0.29) is 5.82 Å². The molecule has 4 heteroatoms. The summed E-state index contributed by atoms with van der Waals surface area (Å²) in [6, 6.07) is 10.9. The van der Waals surface area contributed by atoms with E-state index in [1.807, 2.05) is 12.1 Å². The first kappa shape index (κ1) is 15.7. The summed E-state index contributed by atoms with van der Waals surface area (Å²) in [6.45, 7) is 4.78. The highest BCUT2D eigenvalue weighted by atomic mass is 32.2. The summed E-state index contributed by atoms with van der Waals surface area (Å²) in [4.78, 5) is 0.635. The summed E-state index contributed by atoms with van der Waals surface area (Å²) < 4.78 is 19.3. The molecule has 0 aliphatic heterocycles. The minimum atomic E-state index is -0.255. The average Bonchev–Trinajstić information content (AvgIpc) is 2.44. The van der Waals surface area contributed by atoms with Gasteiger partial charge in [-0.25, -0.2) is 4.39 Å². The zero-order valence-corrected chi connectivity index (χ0v) is 13.2. The van der Waals surface area contributed by atoms with Crippen molar-refractivity contribution in [2.24, 2.45) is 0 Å². The molecule has 21 heavy (non-hydrogen) atoms. The van der Waals surface area contributed by atoms with E-state index in [1.54, 1.807) is 12.1 Å². The predicted molar refractivity (Wildman–Crippen MR) is 87.6 cm³/mol. The van der Waals surface area contributed by atoms with Gasteiger partial charge in [0, 0.05) is 16.3 Å². The van der Waals surface area contributed by atoms with Crippen molar-refractivity contribution in [1.82, 2.24) is 0 Å². The number of ether oxygens (including phenoxy) is 1. The maximum Gasteiger partial charge on any atom is 0.138 e. The lowest BCUT2D eigenvalue weighted by Gasteiger charge is -2.08. The third-order valence-corrected chi connectivity index (χ3v) is 4.38.